The second kappa shape index (κ2) is 4.41. The van der Waals surface area contributed by atoms with E-state index in [1.54, 1.807) is 0 Å². The third-order valence-electron chi connectivity index (χ3n) is 4.13. The van der Waals surface area contributed by atoms with E-state index >= 15 is 0 Å². The normalized spacial score (nSPS) is 30.9. The van der Waals surface area contributed by atoms with Gasteiger partial charge >= 0.3 is 0 Å². The molecule has 0 bridgehead atoms. The van der Waals surface area contributed by atoms with Crippen molar-refractivity contribution in [2.75, 3.05) is 0 Å². The summed E-state index contributed by atoms with van der Waals surface area (Å²) >= 11 is 0. The molecule has 1 spiro atoms. The molecule has 19 heavy (non-hydrogen) atoms. The van der Waals surface area contributed by atoms with Crippen LogP contribution < -0.4 is 10.2 Å². The summed E-state index contributed by atoms with van der Waals surface area (Å²) < 4.78 is 6.24. The summed E-state index contributed by atoms with van der Waals surface area (Å²) in [5.74, 6) is 1.47. The van der Waals surface area contributed by atoms with Gasteiger partial charge in [0.1, 0.15) is 19.2 Å². The van der Waals surface area contributed by atoms with E-state index in [9.17, 15) is 0 Å². The van der Waals surface area contributed by atoms with Crippen molar-refractivity contribution < 1.29 is 4.74 Å². The Morgan fingerprint density at radius 3 is 3.05 bits per heavy atom. The van der Waals surface area contributed by atoms with Crippen molar-refractivity contribution in [1.82, 2.24) is 0 Å². The second-order valence-electron chi connectivity index (χ2n) is 5.72. The number of rotatable bonds is 0. The fourth-order valence-electron chi connectivity index (χ4n) is 3.29. The zero-order valence-corrected chi connectivity index (χ0v) is 11.0. The summed E-state index contributed by atoms with van der Waals surface area (Å²) in [6, 6.07) is 5.57. The first-order chi connectivity index (χ1) is 9.12. The summed E-state index contributed by atoms with van der Waals surface area (Å²) in [6.07, 6.45) is 5.85. The Morgan fingerprint density at radius 2 is 2.37 bits per heavy atom. The molecule has 0 saturated heterocycles. The molecule has 2 aliphatic rings. The predicted molar refractivity (Wildman–Crippen MR) is 75.0 cm³/mol. The lowest BCUT2D eigenvalue weighted by Crippen LogP contribution is -2.40. The van der Waals surface area contributed by atoms with Crippen LogP contribution in [0.5, 0.6) is 5.75 Å². The van der Waals surface area contributed by atoms with Crippen LogP contribution in [0.25, 0.3) is 0 Å². The van der Waals surface area contributed by atoms with Crippen molar-refractivity contribution in [1.29, 1.82) is 5.26 Å². The zero-order chi connectivity index (χ0) is 13.5. The third kappa shape index (κ3) is 2.14. The van der Waals surface area contributed by atoms with Crippen molar-refractivity contribution in [2.45, 2.75) is 38.2 Å². The number of nitrogens with zero attached hydrogens (tertiary/aromatic N) is 2. The van der Waals surface area contributed by atoms with Gasteiger partial charge in [-0.3, -0.25) is 0 Å². The van der Waals surface area contributed by atoms with Crippen LogP contribution in [-0.4, -0.2) is 19.2 Å². The maximum absolute atomic E-state index is 8.89. The molecule has 1 aromatic rings. The van der Waals surface area contributed by atoms with Crippen LogP contribution in [0.3, 0.4) is 0 Å². The van der Waals surface area contributed by atoms with Gasteiger partial charge in [0, 0.05) is 12.0 Å². The molecule has 2 unspecified atom stereocenters. The predicted octanol–water partition coefficient (Wildman–Crippen LogP) is 2.09. The molecule has 94 valence electrons. The molecule has 1 aliphatic carbocycles. The van der Waals surface area contributed by atoms with E-state index in [2.05, 4.69) is 11.9 Å². The quantitative estimate of drug-likeness (QED) is 0.522. The van der Waals surface area contributed by atoms with Crippen LogP contribution >= 0.6 is 0 Å². The Morgan fingerprint density at radius 1 is 1.53 bits per heavy atom. The van der Waals surface area contributed by atoms with Crippen molar-refractivity contribution >= 4 is 19.0 Å². The topological polar surface area (TPSA) is 45.4 Å². The maximum Gasteiger partial charge on any atom is 0.205 e. The maximum atomic E-state index is 8.89. The number of hydrogen-bond acceptors (Lipinski definition) is 3. The van der Waals surface area contributed by atoms with E-state index in [0.717, 1.165) is 29.9 Å². The molecule has 4 heteroatoms. The molecule has 3 rings (SSSR count). The van der Waals surface area contributed by atoms with E-state index in [-0.39, 0.29) is 5.60 Å². The highest BCUT2D eigenvalue weighted by Gasteiger charge is 2.44. The van der Waals surface area contributed by atoms with E-state index < -0.39 is 0 Å². The highest BCUT2D eigenvalue weighted by molar-refractivity contribution is 6.33. The molecule has 0 aromatic heterocycles. The molecular formula is C15H15BN2O. The van der Waals surface area contributed by atoms with Crippen LogP contribution in [0.2, 0.25) is 0 Å². The number of nitriles is 1. The monoisotopic (exact) mass is 250 g/mol. The molecule has 2 radical (unpaired) electrons. The van der Waals surface area contributed by atoms with Crippen molar-refractivity contribution in [2.24, 2.45) is 10.9 Å². The Bertz CT molecular complexity index is 590. The van der Waals surface area contributed by atoms with E-state index in [0.29, 0.717) is 17.8 Å². The minimum Gasteiger partial charge on any atom is -0.486 e. The lowest BCUT2D eigenvalue weighted by atomic mass is 9.84. The summed E-state index contributed by atoms with van der Waals surface area (Å²) in [4.78, 5) is 4.00. The van der Waals surface area contributed by atoms with Crippen LogP contribution in [0.15, 0.2) is 23.2 Å². The number of ether oxygens (including phenoxy) is 1. The van der Waals surface area contributed by atoms with Gasteiger partial charge in [-0.05, 0) is 31.2 Å². The van der Waals surface area contributed by atoms with Crippen LogP contribution in [-0.2, 0) is 0 Å². The van der Waals surface area contributed by atoms with Crippen molar-refractivity contribution in [3.05, 3.63) is 23.8 Å². The third-order valence-corrected chi connectivity index (χ3v) is 4.13. The second-order valence-corrected chi connectivity index (χ2v) is 5.72. The smallest absolute Gasteiger partial charge is 0.205 e. The van der Waals surface area contributed by atoms with E-state index in [1.807, 2.05) is 24.4 Å². The van der Waals surface area contributed by atoms with Gasteiger partial charge in [-0.1, -0.05) is 24.5 Å². The first-order valence-electron chi connectivity index (χ1n) is 6.66. The first kappa shape index (κ1) is 12.3. The number of benzene rings is 1. The van der Waals surface area contributed by atoms with Gasteiger partial charge in [-0.2, -0.15) is 10.3 Å². The fraction of sp³-hybridized carbons (Fsp3) is 0.467. The van der Waals surface area contributed by atoms with Gasteiger partial charge < -0.3 is 4.74 Å². The summed E-state index contributed by atoms with van der Waals surface area (Å²) in [7, 11) is 5.81. The molecular weight excluding hydrogens is 235 g/mol. The standard InChI is InChI=1S/C15H15BN2O/c1-10-4-5-15(7-10)8-13(18-9-17)12-6-11(16)2-3-14(12)19-15/h2-3,6,10H,4-5,7-8H2,1H3. The summed E-state index contributed by atoms with van der Waals surface area (Å²) in [5.41, 5.74) is 2.18. The fourth-order valence-corrected chi connectivity index (χ4v) is 3.29. The Kier molecular flexibility index (Phi) is 2.85. The minimum atomic E-state index is -0.168. The Balaban J connectivity index is 2.06. The molecule has 1 saturated carbocycles. The average molecular weight is 250 g/mol. The highest BCUT2D eigenvalue weighted by atomic mass is 16.5. The lowest BCUT2D eigenvalue weighted by Gasteiger charge is -2.36. The van der Waals surface area contributed by atoms with Gasteiger partial charge in [-0.25, -0.2) is 0 Å². The largest absolute Gasteiger partial charge is 0.486 e. The van der Waals surface area contributed by atoms with Gasteiger partial charge in [0.2, 0.25) is 6.19 Å². The highest BCUT2D eigenvalue weighted by Crippen LogP contribution is 2.45. The molecule has 3 nitrogen and oxygen atoms in total. The summed E-state index contributed by atoms with van der Waals surface area (Å²) in [5, 5.41) is 8.89. The molecule has 1 fully saturated rings. The van der Waals surface area contributed by atoms with Crippen LogP contribution in [0.1, 0.15) is 38.2 Å². The minimum absolute atomic E-state index is 0.168. The SMILES string of the molecule is [B]c1ccc2c(c1)C(=NC#N)CC1(CCC(C)C1)O2. The van der Waals surface area contributed by atoms with Gasteiger partial charge in [0.15, 0.2) is 0 Å². The number of aliphatic imine (C=N–C) groups is 1. The number of hydrogen-bond donors (Lipinski definition) is 0. The average Bonchev–Trinajstić information content (AvgIpc) is 2.72. The molecule has 2 atom stereocenters. The molecule has 1 heterocycles. The molecule has 0 N–H and O–H groups in total. The van der Waals surface area contributed by atoms with Gasteiger partial charge in [0.05, 0.1) is 5.71 Å². The molecule has 1 aromatic carbocycles. The first-order valence-corrected chi connectivity index (χ1v) is 6.66. The Hall–Kier alpha value is -1.76. The van der Waals surface area contributed by atoms with Gasteiger partial charge in [0.25, 0.3) is 0 Å². The summed E-state index contributed by atoms with van der Waals surface area (Å²) in [6.45, 7) is 2.25. The number of fused-ring (bicyclic) bond motifs is 1. The van der Waals surface area contributed by atoms with E-state index in [1.165, 1.54) is 6.42 Å². The van der Waals surface area contributed by atoms with Crippen molar-refractivity contribution in [3.63, 3.8) is 0 Å². The molecule has 1 aliphatic heterocycles. The van der Waals surface area contributed by atoms with Crippen molar-refractivity contribution in [3.8, 4) is 11.9 Å². The van der Waals surface area contributed by atoms with Gasteiger partial charge in [-0.15, -0.1) is 0 Å². The van der Waals surface area contributed by atoms with Crippen LogP contribution in [0, 0.1) is 17.4 Å². The zero-order valence-electron chi connectivity index (χ0n) is 11.0. The lowest BCUT2D eigenvalue weighted by molar-refractivity contribution is 0.0744. The molecule has 0 amide bonds. The van der Waals surface area contributed by atoms with E-state index in [4.69, 9.17) is 17.8 Å². The Labute approximate surface area is 114 Å². The van der Waals surface area contributed by atoms with Crippen LogP contribution in [0.4, 0.5) is 0 Å².